The Hall–Kier alpha value is -3.20. The van der Waals surface area contributed by atoms with Crippen molar-refractivity contribution in [2.45, 2.75) is 39.6 Å². The second kappa shape index (κ2) is 7.43. The van der Waals surface area contributed by atoms with Crippen LogP contribution in [0.5, 0.6) is 0 Å². The van der Waals surface area contributed by atoms with Gasteiger partial charge in [-0.05, 0) is 30.7 Å². The molecule has 144 valence electrons. The van der Waals surface area contributed by atoms with Gasteiger partial charge in [0, 0.05) is 44.0 Å². The lowest BCUT2D eigenvalue weighted by molar-refractivity contribution is -0.148. The zero-order chi connectivity index (χ0) is 19.7. The quantitative estimate of drug-likeness (QED) is 0.676. The summed E-state index contributed by atoms with van der Waals surface area (Å²) in [7, 11) is 1.82. The number of ether oxygens (including phenoxy) is 1. The number of amides is 1. The van der Waals surface area contributed by atoms with Gasteiger partial charge < -0.3 is 9.64 Å². The van der Waals surface area contributed by atoms with Crippen LogP contribution in [-0.4, -0.2) is 47.2 Å². The average molecular weight is 379 g/mol. The van der Waals surface area contributed by atoms with E-state index in [2.05, 4.69) is 25.5 Å². The third kappa shape index (κ3) is 3.48. The van der Waals surface area contributed by atoms with Crippen molar-refractivity contribution in [3.05, 3.63) is 53.2 Å². The fraction of sp³-hybridized carbons (Fsp3) is 0.368. The summed E-state index contributed by atoms with van der Waals surface area (Å²) in [5, 5.41) is 16.4. The molecule has 4 rings (SSSR count). The first-order valence-corrected chi connectivity index (χ1v) is 9.02. The first-order valence-electron chi connectivity index (χ1n) is 9.02. The Labute approximate surface area is 162 Å². The van der Waals surface area contributed by atoms with Gasteiger partial charge in [-0.1, -0.05) is 5.21 Å². The number of hydrogen-bond acceptors (Lipinski definition) is 7. The Morgan fingerprint density at radius 2 is 2.14 bits per heavy atom. The topological polar surface area (TPSA) is 98.9 Å². The first kappa shape index (κ1) is 18.2. The summed E-state index contributed by atoms with van der Waals surface area (Å²) in [5.41, 5.74) is 5.23. The van der Waals surface area contributed by atoms with Crippen LogP contribution in [0.3, 0.4) is 0 Å². The molecular weight excluding hydrogens is 358 g/mol. The number of carbonyl (C=O) groups excluding carboxylic acids is 1. The summed E-state index contributed by atoms with van der Waals surface area (Å²) < 4.78 is 7.85. The second-order valence-corrected chi connectivity index (χ2v) is 6.82. The van der Waals surface area contributed by atoms with Gasteiger partial charge in [0.15, 0.2) is 0 Å². The SMILES string of the molecule is CC(=O)N1Cc2nnccc2CC1OCc1c(-c2ccc(C)nc2)nnn1C. The summed E-state index contributed by atoms with van der Waals surface area (Å²) in [6, 6.07) is 5.82. The van der Waals surface area contributed by atoms with Crippen molar-refractivity contribution in [1.29, 1.82) is 0 Å². The molecule has 1 amide bonds. The molecule has 1 aliphatic rings. The smallest absolute Gasteiger partial charge is 0.221 e. The molecule has 0 aliphatic carbocycles. The lowest BCUT2D eigenvalue weighted by Crippen LogP contribution is -2.45. The second-order valence-electron chi connectivity index (χ2n) is 6.82. The molecule has 4 heterocycles. The van der Waals surface area contributed by atoms with Gasteiger partial charge in [0.25, 0.3) is 0 Å². The summed E-state index contributed by atoms with van der Waals surface area (Å²) in [6.45, 7) is 4.13. The van der Waals surface area contributed by atoms with Crippen LogP contribution in [0.4, 0.5) is 0 Å². The molecule has 9 heteroatoms. The van der Waals surface area contributed by atoms with Crippen molar-refractivity contribution < 1.29 is 9.53 Å². The third-order valence-corrected chi connectivity index (χ3v) is 4.90. The fourth-order valence-electron chi connectivity index (χ4n) is 3.28. The maximum absolute atomic E-state index is 12.1. The van der Waals surface area contributed by atoms with Crippen LogP contribution in [0, 0.1) is 6.92 Å². The monoisotopic (exact) mass is 379 g/mol. The number of aromatic nitrogens is 6. The van der Waals surface area contributed by atoms with E-state index in [1.807, 2.05) is 32.2 Å². The molecule has 3 aromatic heterocycles. The predicted octanol–water partition coefficient (Wildman–Crippen LogP) is 1.42. The van der Waals surface area contributed by atoms with E-state index in [1.54, 1.807) is 22.0 Å². The van der Waals surface area contributed by atoms with Gasteiger partial charge in [0.2, 0.25) is 5.91 Å². The number of aryl methyl sites for hydroxylation is 2. The minimum atomic E-state index is -0.381. The van der Waals surface area contributed by atoms with Crippen LogP contribution in [0.2, 0.25) is 0 Å². The van der Waals surface area contributed by atoms with Crippen molar-refractivity contribution in [3.63, 3.8) is 0 Å². The Bertz CT molecular complexity index is 1000. The minimum absolute atomic E-state index is 0.0626. The van der Waals surface area contributed by atoms with Crippen LogP contribution in [0.15, 0.2) is 30.6 Å². The Balaban J connectivity index is 1.56. The molecule has 0 saturated carbocycles. The molecular formula is C19H21N7O2. The average Bonchev–Trinajstić information content (AvgIpc) is 3.06. The Morgan fingerprint density at radius 3 is 2.89 bits per heavy atom. The van der Waals surface area contributed by atoms with E-state index in [1.165, 1.54) is 6.92 Å². The van der Waals surface area contributed by atoms with Gasteiger partial charge in [0.05, 0.1) is 24.5 Å². The van der Waals surface area contributed by atoms with Gasteiger partial charge in [-0.3, -0.25) is 9.78 Å². The molecule has 0 spiro atoms. The molecule has 0 saturated heterocycles. The fourth-order valence-corrected chi connectivity index (χ4v) is 3.28. The molecule has 0 fully saturated rings. The van der Waals surface area contributed by atoms with Gasteiger partial charge >= 0.3 is 0 Å². The number of carbonyl (C=O) groups is 1. The van der Waals surface area contributed by atoms with Gasteiger partial charge in [-0.25, -0.2) is 4.68 Å². The lowest BCUT2D eigenvalue weighted by atomic mass is 10.0. The van der Waals surface area contributed by atoms with Crippen molar-refractivity contribution in [2.75, 3.05) is 0 Å². The van der Waals surface area contributed by atoms with Crippen LogP contribution in [-0.2, 0) is 36.2 Å². The molecule has 28 heavy (non-hydrogen) atoms. The highest BCUT2D eigenvalue weighted by Gasteiger charge is 2.30. The molecule has 0 aromatic carbocycles. The van der Waals surface area contributed by atoms with Crippen molar-refractivity contribution in [3.8, 4) is 11.3 Å². The van der Waals surface area contributed by atoms with E-state index in [4.69, 9.17) is 4.74 Å². The maximum atomic E-state index is 12.1. The van der Waals surface area contributed by atoms with Crippen LogP contribution < -0.4 is 0 Å². The number of rotatable bonds is 4. The zero-order valence-corrected chi connectivity index (χ0v) is 16.0. The molecule has 1 unspecified atom stereocenters. The van der Waals surface area contributed by atoms with Gasteiger partial charge in [-0.2, -0.15) is 10.2 Å². The molecule has 0 radical (unpaired) electrons. The predicted molar refractivity (Wildman–Crippen MR) is 99.5 cm³/mol. The number of hydrogen-bond donors (Lipinski definition) is 0. The van der Waals surface area contributed by atoms with Crippen LogP contribution >= 0.6 is 0 Å². The Morgan fingerprint density at radius 1 is 1.29 bits per heavy atom. The molecule has 9 nitrogen and oxygen atoms in total. The van der Waals surface area contributed by atoms with E-state index in [0.29, 0.717) is 13.0 Å². The number of fused-ring (bicyclic) bond motifs is 1. The summed E-state index contributed by atoms with van der Waals surface area (Å²) in [6.07, 6.45) is 3.62. The van der Waals surface area contributed by atoms with E-state index in [-0.39, 0.29) is 18.7 Å². The number of pyridine rings is 1. The highest BCUT2D eigenvalue weighted by Crippen LogP contribution is 2.25. The minimum Gasteiger partial charge on any atom is -0.352 e. The molecule has 0 N–H and O–H groups in total. The van der Waals surface area contributed by atoms with Crippen molar-refractivity contribution in [1.82, 2.24) is 35.1 Å². The largest absolute Gasteiger partial charge is 0.352 e. The standard InChI is InChI=1S/C19H21N7O2/c1-12-4-5-15(9-20-12)19-17(25(3)24-23-19)11-28-18-8-14-6-7-21-22-16(14)10-26(18)13(2)27/h4-7,9,18H,8,10-11H2,1-3H3. The normalized spacial score (nSPS) is 16.1. The van der Waals surface area contributed by atoms with Crippen LogP contribution in [0.1, 0.15) is 29.6 Å². The molecule has 0 bridgehead atoms. The van der Waals surface area contributed by atoms with Gasteiger partial charge in [-0.15, -0.1) is 5.10 Å². The zero-order valence-electron chi connectivity index (χ0n) is 16.0. The van der Waals surface area contributed by atoms with Crippen molar-refractivity contribution >= 4 is 5.91 Å². The van der Waals surface area contributed by atoms with Crippen molar-refractivity contribution in [2.24, 2.45) is 7.05 Å². The number of nitrogens with zero attached hydrogens (tertiary/aromatic N) is 7. The summed E-state index contributed by atoms with van der Waals surface area (Å²) in [4.78, 5) is 18.1. The first-order chi connectivity index (χ1) is 13.5. The molecule has 1 aliphatic heterocycles. The highest BCUT2D eigenvalue weighted by atomic mass is 16.5. The maximum Gasteiger partial charge on any atom is 0.221 e. The van der Waals surface area contributed by atoms with E-state index < -0.39 is 0 Å². The molecule has 1 atom stereocenters. The van der Waals surface area contributed by atoms with E-state index in [9.17, 15) is 4.79 Å². The van der Waals surface area contributed by atoms with E-state index in [0.717, 1.165) is 33.9 Å². The third-order valence-electron chi connectivity index (χ3n) is 4.90. The summed E-state index contributed by atoms with van der Waals surface area (Å²) in [5.74, 6) is -0.0626. The van der Waals surface area contributed by atoms with E-state index >= 15 is 0 Å². The Kier molecular flexibility index (Phi) is 4.82. The lowest BCUT2D eigenvalue weighted by Gasteiger charge is -2.35. The van der Waals surface area contributed by atoms with Gasteiger partial charge in [0.1, 0.15) is 11.9 Å². The highest BCUT2D eigenvalue weighted by molar-refractivity contribution is 5.73. The van der Waals surface area contributed by atoms with Crippen LogP contribution in [0.25, 0.3) is 11.3 Å². The summed E-state index contributed by atoms with van der Waals surface area (Å²) >= 11 is 0. The molecule has 3 aromatic rings.